The van der Waals surface area contributed by atoms with Crippen LogP contribution in [0.4, 0.5) is 0 Å². The molecule has 0 aliphatic rings. The molecule has 0 saturated heterocycles. The van der Waals surface area contributed by atoms with E-state index in [2.05, 4.69) is 26.0 Å². The highest BCUT2D eigenvalue weighted by Gasteiger charge is 2.07. The molecule has 0 bridgehead atoms. The van der Waals surface area contributed by atoms with Crippen LogP contribution in [0.2, 0.25) is 0 Å². The Bertz CT molecular complexity index is 449. The number of aryl methyl sites for hydroxylation is 1. The van der Waals surface area contributed by atoms with Crippen molar-refractivity contribution in [2.24, 2.45) is 12.8 Å². The molecule has 0 unspecified atom stereocenters. The molecule has 0 aromatic carbocycles. The molecule has 2 N–H and O–H groups in total. The van der Waals surface area contributed by atoms with E-state index < -0.39 is 0 Å². The van der Waals surface area contributed by atoms with E-state index in [0.29, 0.717) is 6.54 Å². The van der Waals surface area contributed by atoms with Gasteiger partial charge in [0, 0.05) is 24.3 Å². The largest absolute Gasteiger partial charge is 0.325 e. The minimum Gasteiger partial charge on any atom is -0.325 e. The Morgan fingerprint density at radius 1 is 1.62 bits per heavy atom. The number of aromatic nitrogens is 3. The van der Waals surface area contributed by atoms with Crippen molar-refractivity contribution in [3.8, 4) is 0 Å². The summed E-state index contributed by atoms with van der Waals surface area (Å²) < 4.78 is 2.74. The topological polar surface area (TPSA) is 56.7 Å². The summed E-state index contributed by atoms with van der Waals surface area (Å²) in [5, 5.41) is 4.26. The molecule has 4 nitrogen and oxygen atoms in total. The van der Waals surface area contributed by atoms with Crippen molar-refractivity contribution in [1.82, 2.24) is 14.8 Å². The van der Waals surface area contributed by atoms with Gasteiger partial charge in [0.15, 0.2) is 0 Å². The van der Waals surface area contributed by atoms with Crippen LogP contribution in [0.25, 0.3) is 11.0 Å². The summed E-state index contributed by atoms with van der Waals surface area (Å²) in [7, 11) is 1.88. The SMILES string of the molecule is Cn1nc(CN)c2ncc(Br)cc21. The molecular weight excluding hydrogens is 232 g/mol. The molecule has 0 saturated carbocycles. The second-order valence-electron chi connectivity index (χ2n) is 2.80. The minimum atomic E-state index is 0.423. The summed E-state index contributed by atoms with van der Waals surface area (Å²) in [5.74, 6) is 0. The van der Waals surface area contributed by atoms with Crippen molar-refractivity contribution in [3.63, 3.8) is 0 Å². The predicted molar refractivity (Wildman–Crippen MR) is 54.1 cm³/mol. The molecule has 0 aliphatic heterocycles. The second kappa shape index (κ2) is 3.08. The molecule has 2 aromatic heterocycles. The van der Waals surface area contributed by atoms with Crippen LogP contribution in [0.1, 0.15) is 5.69 Å². The van der Waals surface area contributed by atoms with E-state index in [-0.39, 0.29) is 0 Å². The van der Waals surface area contributed by atoms with E-state index in [1.54, 1.807) is 10.9 Å². The van der Waals surface area contributed by atoms with Crippen LogP contribution in [0.5, 0.6) is 0 Å². The Labute approximate surface area is 83.9 Å². The third-order valence-electron chi connectivity index (χ3n) is 1.92. The van der Waals surface area contributed by atoms with Gasteiger partial charge in [-0.2, -0.15) is 5.10 Å². The maximum atomic E-state index is 5.54. The van der Waals surface area contributed by atoms with Crippen molar-refractivity contribution in [2.75, 3.05) is 0 Å². The number of nitrogens with two attached hydrogens (primary N) is 1. The third-order valence-corrected chi connectivity index (χ3v) is 2.35. The van der Waals surface area contributed by atoms with Gasteiger partial charge >= 0.3 is 0 Å². The van der Waals surface area contributed by atoms with Gasteiger partial charge < -0.3 is 5.73 Å². The van der Waals surface area contributed by atoms with Crippen molar-refractivity contribution in [2.45, 2.75) is 6.54 Å². The quantitative estimate of drug-likeness (QED) is 0.815. The Morgan fingerprint density at radius 3 is 3.08 bits per heavy atom. The van der Waals surface area contributed by atoms with Gasteiger partial charge in [-0.05, 0) is 22.0 Å². The van der Waals surface area contributed by atoms with Crippen LogP contribution in [-0.4, -0.2) is 14.8 Å². The Balaban J connectivity index is 2.80. The average molecular weight is 241 g/mol. The molecule has 0 aliphatic carbocycles. The lowest BCUT2D eigenvalue weighted by atomic mass is 10.3. The highest BCUT2D eigenvalue weighted by atomic mass is 79.9. The monoisotopic (exact) mass is 240 g/mol. The summed E-state index contributed by atoms with van der Waals surface area (Å²) in [5.41, 5.74) is 8.26. The fourth-order valence-corrected chi connectivity index (χ4v) is 1.64. The Hall–Kier alpha value is -0.940. The van der Waals surface area contributed by atoms with Gasteiger partial charge in [-0.1, -0.05) is 0 Å². The molecule has 0 amide bonds. The van der Waals surface area contributed by atoms with Gasteiger partial charge in [0.25, 0.3) is 0 Å². The molecule has 0 radical (unpaired) electrons. The van der Waals surface area contributed by atoms with Crippen LogP contribution < -0.4 is 5.73 Å². The van der Waals surface area contributed by atoms with Gasteiger partial charge in [-0.25, -0.2) is 0 Å². The fraction of sp³-hybridized carbons (Fsp3) is 0.250. The summed E-state index contributed by atoms with van der Waals surface area (Å²) in [6, 6.07) is 1.98. The van der Waals surface area contributed by atoms with E-state index in [1.165, 1.54) is 0 Å². The molecular formula is C8H9BrN4. The lowest BCUT2D eigenvalue weighted by Crippen LogP contribution is -1.98. The average Bonchev–Trinajstić information content (AvgIpc) is 2.43. The molecule has 0 fully saturated rings. The van der Waals surface area contributed by atoms with E-state index >= 15 is 0 Å². The number of hydrogen-bond acceptors (Lipinski definition) is 3. The zero-order valence-electron chi connectivity index (χ0n) is 7.16. The van der Waals surface area contributed by atoms with Crippen LogP contribution in [0.3, 0.4) is 0 Å². The van der Waals surface area contributed by atoms with Crippen LogP contribution in [0.15, 0.2) is 16.7 Å². The van der Waals surface area contributed by atoms with Crippen molar-refractivity contribution >= 4 is 27.0 Å². The lowest BCUT2D eigenvalue weighted by molar-refractivity contribution is 0.765. The number of pyridine rings is 1. The first-order chi connectivity index (χ1) is 6.22. The summed E-state index contributed by atoms with van der Waals surface area (Å²) in [6.07, 6.45) is 1.75. The number of halogens is 1. The highest BCUT2D eigenvalue weighted by molar-refractivity contribution is 9.10. The van der Waals surface area contributed by atoms with Crippen LogP contribution in [-0.2, 0) is 13.6 Å². The molecule has 13 heavy (non-hydrogen) atoms. The van der Waals surface area contributed by atoms with Gasteiger partial charge in [-0.3, -0.25) is 9.67 Å². The normalized spacial score (nSPS) is 11.0. The predicted octanol–water partition coefficient (Wildman–Crippen LogP) is 1.19. The third kappa shape index (κ3) is 1.34. The van der Waals surface area contributed by atoms with E-state index in [1.807, 2.05) is 13.1 Å². The first kappa shape index (κ1) is 8.65. The zero-order valence-corrected chi connectivity index (χ0v) is 8.74. The fourth-order valence-electron chi connectivity index (χ4n) is 1.32. The van der Waals surface area contributed by atoms with Crippen molar-refractivity contribution < 1.29 is 0 Å². The number of fused-ring (bicyclic) bond motifs is 1. The number of hydrogen-bond donors (Lipinski definition) is 1. The van der Waals surface area contributed by atoms with Gasteiger partial charge in [0.1, 0.15) is 11.2 Å². The summed E-state index contributed by atoms with van der Waals surface area (Å²) >= 11 is 3.36. The molecule has 5 heteroatoms. The summed E-state index contributed by atoms with van der Waals surface area (Å²) in [4.78, 5) is 4.26. The smallest absolute Gasteiger partial charge is 0.113 e. The standard InChI is InChI=1S/C8H9BrN4/c1-13-7-2-5(9)4-11-8(7)6(3-10)12-13/h2,4H,3,10H2,1H3. The molecule has 2 aromatic rings. The van der Waals surface area contributed by atoms with Gasteiger partial charge in [0.05, 0.1) is 5.52 Å². The van der Waals surface area contributed by atoms with Crippen LogP contribution >= 0.6 is 15.9 Å². The molecule has 68 valence electrons. The number of rotatable bonds is 1. The first-order valence-electron chi connectivity index (χ1n) is 3.89. The van der Waals surface area contributed by atoms with Crippen LogP contribution in [0, 0.1) is 0 Å². The molecule has 2 rings (SSSR count). The van der Waals surface area contributed by atoms with Gasteiger partial charge in [0.2, 0.25) is 0 Å². The summed E-state index contributed by atoms with van der Waals surface area (Å²) in [6.45, 7) is 0.423. The molecule has 0 atom stereocenters. The van der Waals surface area contributed by atoms with Crippen molar-refractivity contribution in [1.29, 1.82) is 0 Å². The minimum absolute atomic E-state index is 0.423. The lowest BCUT2D eigenvalue weighted by Gasteiger charge is -1.93. The van der Waals surface area contributed by atoms with E-state index in [4.69, 9.17) is 5.73 Å². The van der Waals surface area contributed by atoms with E-state index in [0.717, 1.165) is 21.2 Å². The molecule has 0 spiro atoms. The van der Waals surface area contributed by atoms with Gasteiger partial charge in [-0.15, -0.1) is 0 Å². The second-order valence-corrected chi connectivity index (χ2v) is 3.71. The Kier molecular flexibility index (Phi) is 2.05. The van der Waals surface area contributed by atoms with Crippen molar-refractivity contribution in [3.05, 3.63) is 22.4 Å². The maximum absolute atomic E-state index is 5.54. The van der Waals surface area contributed by atoms with E-state index in [9.17, 15) is 0 Å². The maximum Gasteiger partial charge on any atom is 0.113 e. The number of nitrogens with zero attached hydrogens (tertiary/aromatic N) is 3. The highest BCUT2D eigenvalue weighted by Crippen LogP contribution is 2.18. The Morgan fingerprint density at radius 2 is 2.38 bits per heavy atom. The molecule has 2 heterocycles. The first-order valence-corrected chi connectivity index (χ1v) is 4.69. The zero-order chi connectivity index (χ0) is 9.42.